The lowest BCUT2D eigenvalue weighted by atomic mass is 10.1. The largest absolute Gasteiger partial charge is 0.369 e. The first-order valence-corrected chi connectivity index (χ1v) is 5.81. The van der Waals surface area contributed by atoms with E-state index in [0.29, 0.717) is 6.61 Å². The molecule has 1 aromatic rings. The van der Waals surface area contributed by atoms with E-state index in [1.165, 1.54) is 0 Å². The topological polar surface area (TPSA) is 34.1 Å². The average Bonchev–Trinajstić information content (AvgIpc) is 2.28. The van der Waals surface area contributed by atoms with Gasteiger partial charge < -0.3 is 10.1 Å². The van der Waals surface area contributed by atoms with Gasteiger partial charge in [0.2, 0.25) is 0 Å². The summed E-state index contributed by atoms with van der Waals surface area (Å²) in [6, 6.07) is 6.05. The minimum atomic E-state index is -0.0688. The first-order chi connectivity index (χ1) is 7.57. The fourth-order valence-electron chi connectivity index (χ4n) is 1.26. The summed E-state index contributed by atoms with van der Waals surface area (Å²) >= 11 is 0. The molecule has 3 nitrogen and oxygen atoms in total. The lowest BCUT2D eigenvalue weighted by Gasteiger charge is -2.23. The number of rotatable bonds is 6. The number of nitrogens with one attached hydrogen (secondary N) is 1. The summed E-state index contributed by atoms with van der Waals surface area (Å²) in [5, 5.41) is 3.09. The molecule has 1 rings (SSSR count). The molecule has 0 aliphatic heterocycles. The van der Waals surface area contributed by atoms with Crippen LogP contribution in [-0.4, -0.2) is 17.6 Å². The van der Waals surface area contributed by atoms with Crippen molar-refractivity contribution in [1.82, 2.24) is 10.3 Å². The van der Waals surface area contributed by atoms with Gasteiger partial charge in [-0.1, -0.05) is 13.0 Å². The molecule has 0 fully saturated rings. The molecule has 0 aliphatic carbocycles. The van der Waals surface area contributed by atoms with Crippen LogP contribution in [0.3, 0.4) is 0 Å². The molecule has 1 aromatic heterocycles. The van der Waals surface area contributed by atoms with E-state index < -0.39 is 0 Å². The second-order valence-corrected chi connectivity index (χ2v) is 4.55. The monoisotopic (exact) mass is 222 g/mol. The molecule has 1 heterocycles. The van der Waals surface area contributed by atoms with E-state index in [4.69, 9.17) is 4.74 Å². The Labute approximate surface area is 98.2 Å². The lowest BCUT2D eigenvalue weighted by Crippen LogP contribution is -2.23. The zero-order chi connectivity index (χ0) is 12.0. The van der Waals surface area contributed by atoms with Gasteiger partial charge in [0.05, 0.1) is 23.6 Å². The number of hydrogen-bond acceptors (Lipinski definition) is 3. The van der Waals surface area contributed by atoms with Crippen LogP contribution in [0.4, 0.5) is 0 Å². The molecule has 16 heavy (non-hydrogen) atoms. The highest BCUT2D eigenvalue weighted by Gasteiger charge is 2.15. The molecule has 0 radical (unpaired) electrons. The number of nitrogens with zero attached hydrogens (tertiary/aromatic N) is 1. The molecule has 0 aromatic carbocycles. The second kappa shape index (κ2) is 5.97. The summed E-state index contributed by atoms with van der Waals surface area (Å²) in [6.45, 7) is 7.71. The van der Waals surface area contributed by atoms with Gasteiger partial charge in [-0.3, -0.25) is 4.98 Å². The third kappa shape index (κ3) is 4.29. The third-order valence-corrected chi connectivity index (χ3v) is 2.68. The molecular weight excluding hydrogens is 200 g/mol. The van der Waals surface area contributed by atoms with Crippen LogP contribution < -0.4 is 5.32 Å². The van der Waals surface area contributed by atoms with Crippen molar-refractivity contribution >= 4 is 0 Å². The molecule has 0 saturated carbocycles. The van der Waals surface area contributed by atoms with Crippen molar-refractivity contribution in [2.45, 2.75) is 45.9 Å². The highest BCUT2D eigenvalue weighted by atomic mass is 16.5. The van der Waals surface area contributed by atoms with Crippen molar-refractivity contribution in [2.24, 2.45) is 0 Å². The van der Waals surface area contributed by atoms with Gasteiger partial charge in [0.15, 0.2) is 0 Å². The Balaban J connectivity index is 2.57. The standard InChI is InChI=1S/C13H22N2O/c1-5-13(2,3)16-10-12-8-6-7-11(15-12)9-14-4/h6-8,14H,5,9-10H2,1-4H3. The van der Waals surface area contributed by atoms with E-state index in [2.05, 4.69) is 31.1 Å². The average molecular weight is 222 g/mol. The zero-order valence-electron chi connectivity index (χ0n) is 10.7. The molecule has 0 aliphatic rings. The van der Waals surface area contributed by atoms with Crippen LogP contribution in [0.2, 0.25) is 0 Å². The summed E-state index contributed by atoms with van der Waals surface area (Å²) in [4.78, 5) is 4.51. The van der Waals surface area contributed by atoms with Crippen LogP contribution >= 0.6 is 0 Å². The van der Waals surface area contributed by atoms with Crippen LogP contribution in [0.5, 0.6) is 0 Å². The Morgan fingerprint density at radius 3 is 2.62 bits per heavy atom. The summed E-state index contributed by atoms with van der Waals surface area (Å²) < 4.78 is 5.81. The molecule has 90 valence electrons. The quantitative estimate of drug-likeness (QED) is 0.803. The van der Waals surface area contributed by atoms with Crippen LogP contribution in [0.1, 0.15) is 38.6 Å². The van der Waals surface area contributed by atoms with Crippen LogP contribution in [0.15, 0.2) is 18.2 Å². The highest BCUT2D eigenvalue weighted by Crippen LogP contribution is 2.15. The molecule has 0 atom stereocenters. The van der Waals surface area contributed by atoms with Gasteiger partial charge in [-0.05, 0) is 39.4 Å². The summed E-state index contributed by atoms with van der Waals surface area (Å²) in [5.41, 5.74) is 1.98. The van der Waals surface area contributed by atoms with Crippen molar-refractivity contribution in [3.63, 3.8) is 0 Å². The fourth-order valence-corrected chi connectivity index (χ4v) is 1.26. The number of pyridine rings is 1. The maximum Gasteiger partial charge on any atom is 0.0895 e. The minimum absolute atomic E-state index is 0.0688. The first-order valence-electron chi connectivity index (χ1n) is 5.81. The van der Waals surface area contributed by atoms with Gasteiger partial charge in [0, 0.05) is 6.54 Å². The smallest absolute Gasteiger partial charge is 0.0895 e. The molecule has 0 amide bonds. The highest BCUT2D eigenvalue weighted by molar-refractivity contribution is 5.10. The van der Waals surface area contributed by atoms with Gasteiger partial charge in [-0.15, -0.1) is 0 Å². The van der Waals surface area contributed by atoms with Crippen LogP contribution in [-0.2, 0) is 17.9 Å². The normalized spacial score (nSPS) is 11.8. The molecule has 0 bridgehead atoms. The van der Waals surface area contributed by atoms with Crippen molar-refractivity contribution < 1.29 is 4.74 Å². The molecular formula is C13H22N2O. The SMILES string of the molecule is CCC(C)(C)OCc1cccc(CNC)n1. The van der Waals surface area contributed by atoms with Crippen LogP contribution in [0.25, 0.3) is 0 Å². The van der Waals surface area contributed by atoms with Crippen molar-refractivity contribution in [3.8, 4) is 0 Å². The predicted octanol–water partition coefficient (Wildman–Crippen LogP) is 2.51. The van der Waals surface area contributed by atoms with E-state index in [1.54, 1.807) is 0 Å². The number of aromatic nitrogens is 1. The Morgan fingerprint density at radius 1 is 1.31 bits per heavy atom. The summed E-state index contributed by atoms with van der Waals surface area (Å²) in [5.74, 6) is 0. The van der Waals surface area contributed by atoms with E-state index in [9.17, 15) is 0 Å². The minimum Gasteiger partial charge on any atom is -0.369 e. The zero-order valence-corrected chi connectivity index (χ0v) is 10.7. The molecule has 3 heteroatoms. The number of hydrogen-bond donors (Lipinski definition) is 1. The molecule has 0 spiro atoms. The fraction of sp³-hybridized carbons (Fsp3) is 0.615. The maximum absolute atomic E-state index is 5.81. The van der Waals surface area contributed by atoms with Crippen molar-refractivity contribution in [1.29, 1.82) is 0 Å². The number of ether oxygens (including phenoxy) is 1. The second-order valence-electron chi connectivity index (χ2n) is 4.55. The summed E-state index contributed by atoms with van der Waals surface area (Å²) in [6.07, 6.45) is 1.00. The van der Waals surface area contributed by atoms with Crippen molar-refractivity contribution in [3.05, 3.63) is 29.6 Å². The van der Waals surface area contributed by atoms with Crippen LogP contribution in [0, 0.1) is 0 Å². The Morgan fingerprint density at radius 2 is 2.00 bits per heavy atom. The molecule has 1 N–H and O–H groups in total. The van der Waals surface area contributed by atoms with Gasteiger partial charge in [-0.25, -0.2) is 0 Å². The van der Waals surface area contributed by atoms with Gasteiger partial charge in [0.1, 0.15) is 0 Å². The Kier molecular flexibility index (Phi) is 4.90. The Bertz CT molecular complexity index is 323. The van der Waals surface area contributed by atoms with E-state index in [0.717, 1.165) is 24.4 Å². The van der Waals surface area contributed by atoms with Gasteiger partial charge in [-0.2, -0.15) is 0 Å². The van der Waals surface area contributed by atoms with Gasteiger partial charge in [0.25, 0.3) is 0 Å². The predicted molar refractivity (Wildman–Crippen MR) is 66.2 cm³/mol. The molecule has 0 saturated heterocycles. The van der Waals surface area contributed by atoms with Crippen molar-refractivity contribution in [2.75, 3.05) is 7.05 Å². The first kappa shape index (κ1) is 13.1. The van der Waals surface area contributed by atoms with Gasteiger partial charge >= 0.3 is 0 Å². The summed E-state index contributed by atoms with van der Waals surface area (Å²) in [7, 11) is 1.92. The Hall–Kier alpha value is -0.930. The van der Waals surface area contributed by atoms with E-state index in [-0.39, 0.29) is 5.60 Å². The molecule has 0 unspecified atom stereocenters. The maximum atomic E-state index is 5.81. The van der Waals surface area contributed by atoms with E-state index in [1.807, 2.05) is 25.2 Å². The third-order valence-electron chi connectivity index (χ3n) is 2.68. The van der Waals surface area contributed by atoms with E-state index >= 15 is 0 Å². The lowest BCUT2D eigenvalue weighted by molar-refractivity contribution is -0.0330.